The Morgan fingerprint density at radius 1 is 1.15 bits per heavy atom. The number of carbonyl (C=O) groups excluding carboxylic acids is 1. The van der Waals surface area contributed by atoms with E-state index in [0.717, 1.165) is 5.56 Å². The molecule has 140 valence electrons. The molecule has 3 rings (SSSR count). The molecule has 9 heteroatoms. The Labute approximate surface area is 161 Å². The summed E-state index contributed by atoms with van der Waals surface area (Å²) in [6, 6.07) is 14.3. The molecule has 7 nitrogen and oxygen atoms in total. The molecule has 0 radical (unpaired) electrons. The number of anilines is 2. The summed E-state index contributed by atoms with van der Waals surface area (Å²) in [7, 11) is -3.80. The zero-order chi connectivity index (χ0) is 19.4. The highest BCUT2D eigenvalue weighted by Gasteiger charge is 2.16. The minimum atomic E-state index is -3.80. The molecule has 0 fully saturated rings. The van der Waals surface area contributed by atoms with Gasteiger partial charge in [0.2, 0.25) is 5.91 Å². The van der Waals surface area contributed by atoms with Crippen LogP contribution in [0.1, 0.15) is 11.3 Å². The summed E-state index contributed by atoms with van der Waals surface area (Å²) < 4.78 is 31.8. The maximum Gasteiger partial charge on any atom is 0.263 e. The first-order valence-corrected chi connectivity index (χ1v) is 9.78. The molecular weight excluding hydrogens is 390 g/mol. The Bertz CT molecular complexity index is 1060. The summed E-state index contributed by atoms with van der Waals surface area (Å²) >= 11 is 5.90. The summed E-state index contributed by atoms with van der Waals surface area (Å²) in [5.41, 5.74) is 1.27. The normalized spacial score (nSPS) is 11.2. The Balaban J connectivity index is 1.65. The number of hydrogen-bond donors (Lipinski definition) is 2. The summed E-state index contributed by atoms with van der Waals surface area (Å²) in [5.74, 6) is 0.362. The van der Waals surface area contributed by atoms with Gasteiger partial charge in [0, 0.05) is 16.8 Å². The van der Waals surface area contributed by atoms with Crippen molar-refractivity contribution < 1.29 is 17.7 Å². The van der Waals surface area contributed by atoms with E-state index in [0.29, 0.717) is 16.5 Å². The van der Waals surface area contributed by atoms with Gasteiger partial charge in [0.1, 0.15) is 5.76 Å². The molecule has 27 heavy (non-hydrogen) atoms. The number of nitrogens with zero attached hydrogens (tertiary/aromatic N) is 1. The minimum Gasteiger partial charge on any atom is -0.360 e. The van der Waals surface area contributed by atoms with Gasteiger partial charge in [-0.05, 0) is 48.9 Å². The monoisotopic (exact) mass is 405 g/mol. The van der Waals surface area contributed by atoms with Gasteiger partial charge in [-0.2, -0.15) is 0 Å². The van der Waals surface area contributed by atoms with Gasteiger partial charge in [-0.25, -0.2) is 8.42 Å². The van der Waals surface area contributed by atoms with Crippen molar-refractivity contribution in [1.29, 1.82) is 0 Å². The molecule has 0 saturated heterocycles. The number of benzene rings is 2. The first kappa shape index (κ1) is 18.9. The molecule has 0 saturated carbocycles. The molecule has 2 aromatic carbocycles. The zero-order valence-corrected chi connectivity index (χ0v) is 15.8. The molecular formula is C18H16ClN3O4S. The van der Waals surface area contributed by atoms with E-state index in [4.69, 9.17) is 16.1 Å². The van der Waals surface area contributed by atoms with Crippen LogP contribution in [0.25, 0.3) is 0 Å². The first-order valence-electron chi connectivity index (χ1n) is 7.92. The van der Waals surface area contributed by atoms with E-state index < -0.39 is 10.0 Å². The standard InChI is InChI=1S/C18H16ClN3O4S/c1-12-9-17(21-26-12)22-27(24,25)16-7-5-15(6-8-16)20-18(23)11-13-3-2-4-14(19)10-13/h2-10H,11H2,1H3,(H,20,23)(H,21,22). The molecule has 0 bridgehead atoms. The van der Waals surface area contributed by atoms with Crippen LogP contribution < -0.4 is 10.0 Å². The topological polar surface area (TPSA) is 101 Å². The quantitative estimate of drug-likeness (QED) is 0.652. The third-order valence-electron chi connectivity index (χ3n) is 3.57. The van der Waals surface area contributed by atoms with Crippen LogP contribution in [0.3, 0.4) is 0 Å². The van der Waals surface area contributed by atoms with Crippen molar-refractivity contribution in [1.82, 2.24) is 5.16 Å². The van der Waals surface area contributed by atoms with Gasteiger partial charge in [0.05, 0.1) is 11.3 Å². The second-order valence-electron chi connectivity index (χ2n) is 5.81. The second kappa shape index (κ2) is 7.81. The fraction of sp³-hybridized carbons (Fsp3) is 0.111. The van der Waals surface area contributed by atoms with Crippen LogP contribution in [0.5, 0.6) is 0 Å². The minimum absolute atomic E-state index is 0.0380. The number of sulfonamides is 1. The number of nitrogens with one attached hydrogen (secondary N) is 2. The fourth-order valence-electron chi connectivity index (χ4n) is 2.37. The summed E-state index contributed by atoms with van der Waals surface area (Å²) in [5, 5.41) is 6.87. The lowest BCUT2D eigenvalue weighted by molar-refractivity contribution is -0.115. The van der Waals surface area contributed by atoms with E-state index >= 15 is 0 Å². The van der Waals surface area contributed by atoms with Crippen molar-refractivity contribution in [3.63, 3.8) is 0 Å². The number of amides is 1. The Kier molecular flexibility index (Phi) is 5.48. The van der Waals surface area contributed by atoms with E-state index in [1.54, 1.807) is 31.2 Å². The third-order valence-corrected chi connectivity index (χ3v) is 5.17. The van der Waals surface area contributed by atoms with Crippen LogP contribution >= 0.6 is 11.6 Å². The predicted octanol–water partition coefficient (Wildman–Crippen LogP) is 3.62. The van der Waals surface area contributed by atoms with E-state index in [-0.39, 0.29) is 23.0 Å². The van der Waals surface area contributed by atoms with E-state index in [1.165, 1.54) is 30.3 Å². The van der Waals surface area contributed by atoms with E-state index in [1.807, 2.05) is 0 Å². The fourth-order valence-corrected chi connectivity index (χ4v) is 3.56. The Morgan fingerprint density at radius 2 is 1.89 bits per heavy atom. The molecule has 0 aliphatic carbocycles. The van der Waals surface area contributed by atoms with Crippen molar-refractivity contribution in [2.75, 3.05) is 10.0 Å². The van der Waals surface area contributed by atoms with Gasteiger partial charge in [-0.15, -0.1) is 0 Å². The van der Waals surface area contributed by atoms with Gasteiger partial charge in [0.25, 0.3) is 10.0 Å². The lowest BCUT2D eigenvalue weighted by atomic mass is 10.1. The van der Waals surface area contributed by atoms with Crippen molar-refractivity contribution in [2.45, 2.75) is 18.2 Å². The molecule has 2 N–H and O–H groups in total. The summed E-state index contributed by atoms with van der Waals surface area (Å²) in [6.07, 6.45) is 0.160. The highest BCUT2D eigenvalue weighted by molar-refractivity contribution is 7.92. The molecule has 3 aromatic rings. The molecule has 0 aliphatic heterocycles. The Hall–Kier alpha value is -2.84. The van der Waals surface area contributed by atoms with Gasteiger partial charge < -0.3 is 9.84 Å². The van der Waals surface area contributed by atoms with Crippen LogP contribution in [0, 0.1) is 6.92 Å². The molecule has 1 heterocycles. The number of rotatable bonds is 6. The number of halogens is 1. The number of aromatic nitrogens is 1. The van der Waals surface area contributed by atoms with Crippen LogP contribution in [-0.2, 0) is 21.2 Å². The van der Waals surface area contributed by atoms with E-state index in [2.05, 4.69) is 15.2 Å². The molecule has 0 spiro atoms. The summed E-state index contributed by atoms with van der Waals surface area (Å²) in [6.45, 7) is 1.66. The number of aryl methyl sites for hydroxylation is 1. The average molecular weight is 406 g/mol. The molecule has 0 aliphatic rings. The maximum absolute atomic E-state index is 12.3. The molecule has 0 atom stereocenters. The van der Waals surface area contributed by atoms with Gasteiger partial charge >= 0.3 is 0 Å². The smallest absolute Gasteiger partial charge is 0.263 e. The van der Waals surface area contributed by atoms with Crippen molar-refractivity contribution in [2.24, 2.45) is 0 Å². The third kappa shape index (κ3) is 5.08. The highest BCUT2D eigenvalue weighted by Crippen LogP contribution is 2.18. The second-order valence-corrected chi connectivity index (χ2v) is 7.93. The number of hydrogen-bond acceptors (Lipinski definition) is 5. The molecule has 0 unspecified atom stereocenters. The van der Waals surface area contributed by atoms with Crippen molar-refractivity contribution in [3.05, 3.63) is 70.9 Å². The largest absolute Gasteiger partial charge is 0.360 e. The average Bonchev–Trinajstić information content (AvgIpc) is 2.99. The van der Waals surface area contributed by atoms with Crippen molar-refractivity contribution in [3.8, 4) is 0 Å². The lowest BCUT2D eigenvalue weighted by Gasteiger charge is -2.08. The van der Waals surface area contributed by atoms with Gasteiger partial charge in [-0.3, -0.25) is 9.52 Å². The first-order chi connectivity index (χ1) is 12.8. The number of carbonyl (C=O) groups is 1. The molecule has 1 aromatic heterocycles. The van der Waals surface area contributed by atoms with Crippen LogP contribution in [0.2, 0.25) is 5.02 Å². The Morgan fingerprint density at radius 3 is 2.52 bits per heavy atom. The zero-order valence-electron chi connectivity index (χ0n) is 14.3. The van der Waals surface area contributed by atoms with Crippen LogP contribution in [-0.4, -0.2) is 19.5 Å². The summed E-state index contributed by atoms with van der Waals surface area (Å²) in [4.78, 5) is 12.2. The molecule has 1 amide bonds. The SMILES string of the molecule is Cc1cc(NS(=O)(=O)c2ccc(NC(=O)Cc3cccc(Cl)c3)cc2)no1. The predicted molar refractivity (Wildman–Crippen MR) is 102 cm³/mol. The van der Waals surface area contributed by atoms with Crippen LogP contribution in [0.15, 0.2) is 64.0 Å². The highest BCUT2D eigenvalue weighted by atomic mass is 35.5. The maximum atomic E-state index is 12.3. The van der Waals surface area contributed by atoms with E-state index in [9.17, 15) is 13.2 Å². The van der Waals surface area contributed by atoms with Crippen molar-refractivity contribution >= 4 is 39.0 Å². The van der Waals surface area contributed by atoms with Gasteiger partial charge in [-0.1, -0.05) is 28.9 Å². The van der Waals surface area contributed by atoms with Gasteiger partial charge in [0.15, 0.2) is 5.82 Å². The lowest BCUT2D eigenvalue weighted by Crippen LogP contribution is -2.15. The van der Waals surface area contributed by atoms with Crippen LogP contribution in [0.4, 0.5) is 11.5 Å².